The minimum atomic E-state index is -0.358. The molecule has 0 saturated carbocycles. The van der Waals surface area contributed by atoms with Crippen molar-refractivity contribution in [2.75, 3.05) is 6.61 Å². The highest BCUT2D eigenvalue weighted by Crippen LogP contribution is 2.36. The zero-order valence-corrected chi connectivity index (χ0v) is 11.5. The van der Waals surface area contributed by atoms with Gasteiger partial charge in [-0.15, -0.1) is 0 Å². The number of benzene rings is 1. The van der Waals surface area contributed by atoms with E-state index in [4.69, 9.17) is 5.73 Å². The molecule has 1 rings (SSSR count). The average Bonchev–Trinajstić information content (AvgIpc) is 2.28. The quantitative estimate of drug-likeness (QED) is 0.824. The van der Waals surface area contributed by atoms with E-state index in [0.29, 0.717) is 6.42 Å². The van der Waals surface area contributed by atoms with Gasteiger partial charge in [0.1, 0.15) is 0 Å². The molecule has 0 bridgehead atoms. The highest BCUT2D eigenvalue weighted by molar-refractivity contribution is 5.32. The van der Waals surface area contributed by atoms with Crippen molar-refractivity contribution >= 4 is 0 Å². The predicted molar refractivity (Wildman–Crippen MR) is 73.1 cm³/mol. The molecule has 96 valence electrons. The molecule has 1 aromatic rings. The van der Waals surface area contributed by atoms with Gasteiger partial charge in [-0.1, -0.05) is 38.1 Å². The molecule has 0 aliphatic rings. The van der Waals surface area contributed by atoms with Gasteiger partial charge >= 0.3 is 0 Å². The van der Waals surface area contributed by atoms with Crippen LogP contribution in [0.25, 0.3) is 0 Å². The molecule has 2 heteroatoms. The van der Waals surface area contributed by atoms with Gasteiger partial charge in [0.2, 0.25) is 0 Å². The number of aliphatic hydroxyl groups excluding tert-OH is 1. The van der Waals surface area contributed by atoms with Crippen LogP contribution < -0.4 is 5.73 Å². The molecule has 0 amide bonds. The molecule has 0 spiro atoms. The first kappa shape index (κ1) is 14.2. The smallest absolute Gasteiger partial charge is 0.0440 e. The van der Waals surface area contributed by atoms with E-state index >= 15 is 0 Å². The molecule has 17 heavy (non-hydrogen) atoms. The van der Waals surface area contributed by atoms with Crippen LogP contribution in [-0.2, 0) is 11.8 Å². The monoisotopic (exact) mass is 235 g/mol. The van der Waals surface area contributed by atoms with E-state index < -0.39 is 0 Å². The summed E-state index contributed by atoms with van der Waals surface area (Å²) in [5.74, 6) is 0. The van der Waals surface area contributed by atoms with Crippen molar-refractivity contribution in [3.63, 3.8) is 0 Å². The molecule has 0 saturated heterocycles. The van der Waals surface area contributed by atoms with Gasteiger partial charge in [-0.2, -0.15) is 0 Å². The van der Waals surface area contributed by atoms with E-state index in [2.05, 4.69) is 38.1 Å². The van der Waals surface area contributed by atoms with Crippen molar-refractivity contribution in [2.24, 2.45) is 5.73 Å². The van der Waals surface area contributed by atoms with Crippen LogP contribution in [-0.4, -0.2) is 17.3 Å². The highest BCUT2D eigenvalue weighted by Gasteiger charge is 2.38. The van der Waals surface area contributed by atoms with Crippen LogP contribution >= 0.6 is 0 Å². The standard InChI is InChI=1S/C15H25NO/c1-5-12-6-8-13(9-7-12)15(4,10-11-17)14(2,3)16/h6-9,17H,5,10-11,16H2,1-4H3. The molecule has 1 unspecified atom stereocenters. The molecule has 0 heterocycles. The first-order valence-electron chi connectivity index (χ1n) is 6.34. The van der Waals surface area contributed by atoms with E-state index in [9.17, 15) is 5.11 Å². The first-order chi connectivity index (χ1) is 7.85. The van der Waals surface area contributed by atoms with Crippen molar-refractivity contribution < 1.29 is 5.11 Å². The van der Waals surface area contributed by atoms with E-state index in [1.54, 1.807) is 0 Å². The van der Waals surface area contributed by atoms with Crippen LogP contribution in [0, 0.1) is 0 Å². The number of hydrogen-bond acceptors (Lipinski definition) is 2. The van der Waals surface area contributed by atoms with Crippen LogP contribution in [0.4, 0.5) is 0 Å². The fraction of sp³-hybridized carbons (Fsp3) is 0.600. The number of rotatable bonds is 5. The van der Waals surface area contributed by atoms with Gasteiger partial charge in [0.05, 0.1) is 0 Å². The summed E-state index contributed by atoms with van der Waals surface area (Å²) in [6.07, 6.45) is 1.73. The molecule has 0 fully saturated rings. The van der Waals surface area contributed by atoms with Crippen molar-refractivity contribution in [1.82, 2.24) is 0 Å². The fourth-order valence-corrected chi connectivity index (χ4v) is 2.17. The van der Waals surface area contributed by atoms with E-state index in [-0.39, 0.29) is 17.6 Å². The third-order valence-corrected chi connectivity index (χ3v) is 4.03. The number of aliphatic hydroxyl groups is 1. The summed E-state index contributed by atoms with van der Waals surface area (Å²) in [6, 6.07) is 8.58. The van der Waals surface area contributed by atoms with Crippen LogP contribution in [0.2, 0.25) is 0 Å². The molecule has 0 radical (unpaired) electrons. The second kappa shape index (κ2) is 5.19. The lowest BCUT2D eigenvalue weighted by molar-refractivity contribution is 0.190. The minimum Gasteiger partial charge on any atom is -0.396 e. The number of hydrogen-bond donors (Lipinski definition) is 2. The molecule has 0 aliphatic heterocycles. The van der Waals surface area contributed by atoms with Gasteiger partial charge in [0.15, 0.2) is 0 Å². The lowest BCUT2D eigenvalue weighted by atomic mass is 9.66. The van der Waals surface area contributed by atoms with Crippen molar-refractivity contribution in [2.45, 2.75) is 51.5 Å². The summed E-state index contributed by atoms with van der Waals surface area (Å²) >= 11 is 0. The summed E-state index contributed by atoms with van der Waals surface area (Å²) in [5, 5.41) is 9.27. The molecule has 0 aromatic heterocycles. The van der Waals surface area contributed by atoms with Crippen LogP contribution in [0.15, 0.2) is 24.3 Å². The maximum Gasteiger partial charge on any atom is 0.0440 e. The molecule has 1 atom stereocenters. The van der Waals surface area contributed by atoms with Crippen molar-refractivity contribution in [3.05, 3.63) is 35.4 Å². The number of aryl methyl sites for hydroxylation is 1. The Bertz CT molecular complexity index is 350. The maximum absolute atomic E-state index is 9.27. The summed E-state index contributed by atoms with van der Waals surface area (Å²) in [5.41, 5.74) is 8.27. The Morgan fingerprint density at radius 2 is 1.65 bits per heavy atom. The summed E-state index contributed by atoms with van der Waals surface area (Å²) in [6.45, 7) is 8.48. The predicted octanol–water partition coefficient (Wildman–Crippen LogP) is 2.63. The Labute approximate surface area is 105 Å². The molecular formula is C15H25NO. The highest BCUT2D eigenvalue weighted by atomic mass is 16.3. The normalized spacial score (nSPS) is 15.6. The Balaban J connectivity index is 3.13. The van der Waals surface area contributed by atoms with Crippen LogP contribution in [0.5, 0.6) is 0 Å². The zero-order valence-electron chi connectivity index (χ0n) is 11.5. The Kier molecular flexibility index (Phi) is 4.34. The first-order valence-corrected chi connectivity index (χ1v) is 6.34. The zero-order chi connectivity index (χ0) is 13.1. The third-order valence-electron chi connectivity index (χ3n) is 4.03. The van der Waals surface area contributed by atoms with Gasteiger partial charge in [-0.25, -0.2) is 0 Å². The lowest BCUT2D eigenvalue weighted by Crippen LogP contribution is -2.52. The number of nitrogens with two attached hydrogens (primary N) is 1. The Morgan fingerprint density at radius 3 is 2.00 bits per heavy atom. The molecular weight excluding hydrogens is 210 g/mol. The largest absolute Gasteiger partial charge is 0.396 e. The second-order valence-electron chi connectivity index (χ2n) is 5.58. The topological polar surface area (TPSA) is 46.2 Å². The maximum atomic E-state index is 9.27. The molecule has 0 aliphatic carbocycles. The Hall–Kier alpha value is -0.860. The molecule has 3 N–H and O–H groups in total. The van der Waals surface area contributed by atoms with Gasteiger partial charge in [0.25, 0.3) is 0 Å². The molecule has 2 nitrogen and oxygen atoms in total. The van der Waals surface area contributed by atoms with Crippen LogP contribution in [0.1, 0.15) is 45.2 Å². The lowest BCUT2D eigenvalue weighted by Gasteiger charge is -2.42. The van der Waals surface area contributed by atoms with Gasteiger partial charge < -0.3 is 10.8 Å². The fourth-order valence-electron chi connectivity index (χ4n) is 2.17. The SMILES string of the molecule is CCc1ccc(C(C)(CCO)C(C)(C)N)cc1. The van der Waals surface area contributed by atoms with E-state index in [0.717, 1.165) is 6.42 Å². The second-order valence-corrected chi connectivity index (χ2v) is 5.58. The summed E-state index contributed by atoms with van der Waals surface area (Å²) in [4.78, 5) is 0. The summed E-state index contributed by atoms with van der Waals surface area (Å²) in [7, 11) is 0. The average molecular weight is 235 g/mol. The van der Waals surface area contributed by atoms with Crippen molar-refractivity contribution in [1.29, 1.82) is 0 Å². The minimum absolute atomic E-state index is 0.159. The molecule has 1 aromatic carbocycles. The van der Waals surface area contributed by atoms with E-state index in [1.807, 2.05) is 13.8 Å². The summed E-state index contributed by atoms with van der Waals surface area (Å²) < 4.78 is 0. The third kappa shape index (κ3) is 2.88. The Morgan fingerprint density at radius 1 is 1.12 bits per heavy atom. The van der Waals surface area contributed by atoms with Crippen LogP contribution in [0.3, 0.4) is 0 Å². The van der Waals surface area contributed by atoms with Crippen molar-refractivity contribution in [3.8, 4) is 0 Å². The van der Waals surface area contributed by atoms with Gasteiger partial charge in [0, 0.05) is 17.6 Å². The van der Waals surface area contributed by atoms with Gasteiger partial charge in [-0.05, 0) is 37.8 Å². The van der Waals surface area contributed by atoms with E-state index in [1.165, 1.54) is 11.1 Å². The van der Waals surface area contributed by atoms with Gasteiger partial charge in [-0.3, -0.25) is 0 Å².